The van der Waals surface area contributed by atoms with Gasteiger partial charge in [0.05, 0.1) is 22.4 Å². The van der Waals surface area contributed by atoms with Gasteiger partial charge in [0.25, 0.3) is 0 Å². The van der Waals surface area contributed by atoms with Crippen molar-refractivity contribution in [2.45, 2.75) is 104 Å². The molecule has 0 saturated carbocycles. The zero-order valence-corrected chi connectivity index (χ0v) is 17.2. The average Bonchev–Trinajstić information content (AvgIpc) is 2.75. The molecule has 0 amide bonds. The van der Waals surface area contributed by atoms with E-state index >= 15 is 0 Å². The van der Waals surface area contributed by atoms with E-state index in [1.807, 2.05) is 0 Å². The molecule has 4 nitrogen and oxygen atoms in total. The molecule has 0 aromatic carbocycles. The van der Waals surface area contributed by atoms with Crippen LogP contribution in [0.1, 0.15) is 82.1 Å². The first-order valence-corrected chi connectivity index (χ1v) is 9.21. The zero-order chi connectivity index (χ0) is 18.6. The van der Waals surface area contributed by atoms with Crippen molar-refractivity contribution in [2.24, 2.45) is 0 Å². The molecule has 2 fully saturated rings. The summed E-state index contributed by atoms with van der Waals surface area (Å²) in [7, 11) is -0.678. The molecule has 6 heteroatoms. The van der Waals surface area contributed by atoms with Crippen LogP contribution in [0.25, 0.3) is 0 Å². The highest BCUT2D eigenvalue weighted by Crippen LogP contribution is 2.43. The van der Waals surface area contributed by atoms with Crippen LogP contribution in [0, 0.1) is 0 Å². The fourth-order valence-electron chi connectivity index (χ4n) is 3.06. The van der Waals surface area contributed by atoms with Crippen LogP contribution in [0.15, 0.2) is 10.9 Å². The molecule has 0 N–H and O–H groups in total. The van der Waals surface area contributed by atoms with E-state index in [-0.39, 0.29) is 36.6 Å². The molecule has 0 aromatic heterocycles. The van der Waals surface area contributed by atoms with Crippen LogP contribution < -0.4 is 0 Å². The second-order valence-corrected chi connectivity index (χ2v) is 8.93. The Balaban J connectivity index is 2.36. The van der Waals surface area contributed by atoms with Gasteiger partial charge < -0.3 is 18.6 Å². The number of hydrogen-bond acceptors (Lipinski definition) is 4. The summed E-state index contributed by atoms with van der Waals surface area (Å²) in [4.78, 5) is 0. The van der Waals surface area contributed by atoms with Crippen molar-refractivity contribution in [3.8, 4) is 0 Å². The van der Waals surface area contributed by atoms with Crippen molar-refractivity contribution in [3.63, 3.8) is 0 Å². The van der Waals surface area contributed by atoms with Crippen LogP contribution in [0.5, 0.6) is 0 Å². The van der Waals surface area contributed by atoms with Crippen LogP contribution in [0.4, 0.5) is 0 Å². The Morgan fingerprint density at radius 2 is 0.750 bits per heavy atom. The second kappa shape index (κ2) is 6.15. The summed E-state index contributed by atoms with van der Waals surface area (Å²) in [6, 6.07) is 0. The topological polar surface area (TPSA) is 36.9 Å². The third-order valence-corrected chi connectivity index (χ3v) is 6.25. The van der Waals surface area contributed by atoms with Crippen LogP contribution in [0.2, 0.25) is 0 Å². The van der Waals surface area contributed by atoms with Gasteiger partial charge in [-0.3, -0.25) is 0 Å². The van der Waals surface area contributed by atoms with E-state index in [1.54, 1.807) is 0 Å². The highest BCUT2D eigenvalue weighted by atomic mass is 16.7. The molecule has 0 bridgehead atoms. The highest BCUT2D eigenvalue weighted by Gasteiger charge is 2.56. The van der Waals surface area contributed by atoms with Gasteiger partial charge in [0, 0.05) is 0 Å². The van der Waals surface area contributed by atoms with Crippen molar-refractivity contribution in [1.29, 1.82) is 0 Å². The Bertz CT molecular complexity index is 445. The lowest BCUT2D eigenvalue weighted by Gasteiger charge is -2.32. The lowest BCUT2D eigenvalue weighted by atomic mass is 9.63. The molecule has 2 rings (SSSR count). The molecule has 2 heterocycles. The lowest BCUT2D eigenvalue weighted by molar-refractivity contribution is 0.00578. The van der Waals surface area contributed by atoms with Gasteiger partial charge in [-0.05, 0) is 79.2 Å². The fraction of sp³-hybridized carbons (Fsp3) is 0.889. The van der Waals surface area contributed by atoms with Gasteiger partial charge >= 0.3 is 14.2 Å². The molecule has 24 heavy (non-hydrogen) atoms. The van der Waals surface area contributed by atoms with Crippen molar-refractivity contribution < 1.29 is 18.6 Å². The summed E-state index contributed by atoms with van der Waals surface area (Å²) >= 11 is 0. The fourth-order valence-corrected chi connectivity index (χ4v) is 3.06. The Hall–Kier alpha value is -0.290. The van der Waals surface area contributed by atoms with Gasteiger partial charge in [-0.15, -0.1) is 0 Å². The van der Waals surface area contributed by atoms with Gasteiger partial charge in [-0.25, -0.2) is 0 Å². The number of rotatable bonds is 4. The minimum atomic E-state index is -0.340. The van der Waals surface area contributed by atoms with E-state index in [2.05, 4.69) is 69.2 Å². The molecule has 136 valence electrons. The van der Waals surface area contributed by atoms with Crippen LogP contribution in [-0.4, -0.2) is 36.6 Å². The minimum Gasteiger partial charge on any atom is -0.400 e. The smallest absolute Gasteiger partial charge is 0.400 e. The van der Waals surface area contributed by atoms with Gasteiger partial charge in [0.15, 0.2) is 0 Å². The Kier molecular flexibility index (Phi) is 5.13. The standard InChI is InChI=1S/C18H34B2O4/c1-11-13(19-21-15(3,4)16(5,6)22-19)14(12-2)20-23-17(7,8)18(9,10)24-20/h11-12H2,1-10H3/b14-13+. The molecule has 0 atom stereocenters. The molecule has 0 spiro atoms. The van der Waals surface area contributed by atoms with Gasteiger partial charge in [0.2, 0.25) is 0 Å². The number of allylic oxidation sites excluding steroid dienone is 2. The van der Waals surface area contributed by atoms with E-state index in [1.165, 1.54) is 0 Å². The summed E-state index contributed by atoms with van der Waals surface area (Å²) in [6.07, 6.45) is 1.70. The second-order valence-electron chi connectivity index (χ2n) is 8.93. The highest BCUT2D eigenvalue weighted by molar-refractivity contribution is 6.62. The molecule has 0 unspecified atom stereocenters. The molecule has 0 aromatic rings. The lowest BCUT2D eigenvalue weighted by Crippen LogP contribution is -2.41. The maximum Gasteiger partial charge on any atom is 0.489 e. The third-order valence-electron chi connectivity index (χ3n) is 6.25. The van der Waals surface area contributed by atoms with Gasteiger partial charge in [-0.1, -0.05) is 13.8 Å². The third kappa shape index (κ3) is 3.23. The molecule has 2 saturated heterocycles. The Morgan fingerprint density at radius 3 is 0.917 bits per heavy atom. The quantitative estimate of drug-likeness (QED) is 0.715. The van der Waals surface area contributed by atoms with E-state index in [0.29, 0.717) is 0 Å². The maximum atomic E-state index is 6.27. The van der Waals surface area contributed by atoms with Crippen LogP contribution in [-0.2, 0) is 18.6 Å². The van der Waals surface area contributed by atoms with E-state index in [9.17, 15) is 0 Å². The van der Waals surface area contributed by atoms with Gasteiger partial charge in [0.1, 0.15) is 0 Å². The predicted molar refractivity (Wildman–Crippen MR) is 99.8 cm³/mol. The molecular weight excluding hydrogens is 302 g/mol. The first kappa shape index (κ1) is 20.0. The summed E-state index contributed by atoms with van der Waals surface area (Å²) in [5.41, 5.74) is 0.934. The molecule has 2 aliphatic heterocycles. The first-order chi connectivity index (χ1) is 10.8. The van der Waals surface area contributed by atoms with E-state index in [4.69, 9.17) is 18.6 Å². The normalized spacial score (nSPS) is 28.2. The van der Waals surface area contributed by atoms with Crippen molar-refractivity contribution in [2.75, 3.05) is 0 Å². The SMILES string of the molecule is CC/C(B1OC(C)(C)C(C)(C)O1)=C(/CC)B1OC(C)(C)C(C)(C)O1. The monoisotopic (exact) mass is 336 g/mol. The minimum absolute atomic E-state index is 0.339. The molecule has 0 radical (unpaired) electrons. The Labute approximate surface area is 148 Å². The van der Waals surface area contributed by atoms with E-state index in [0.717, 1.165) is 23.8 Å². The number of hydrogen-bond donors (Lipinski definition) is 0. The molecular formula is C18H34B2O4. The first-order valence-electron chi connectivity index (χ1n) is 9.21. The largest absolute Gasteiger partial charge is 0.489 e. The van der Waals surface area contributed by atoms with Crippen molar-refractivity contribution in [1.82, 2.24) is 0 Å². The van der Waals surface area contributed by atoms with Crippen molar-refractivity contribution in [3.05, 3.63) is 10.9 Å². The van der Waals surface area contributed by atoms with Crippen LogP contribution >= 0.6 is 0 Å². The summed E-state index contributed by atoms with van der Waals surface area (Å²) < 4.78 is 25.1. The van der Waals surface area contributed by atoms with Crippen molar-refractivity contribution >= 4 is 14.2 Å². The maximum absolute atomic E-state index is 6.27. The van der Waals surface area contributed by atoms with Gasteiger partial charge in [-0.2, -0.15) is 0 Å². The Morgan fingerprint density at radius 1 is 0.542 bits per heavy atom. The zero-order valence-electron chi connectivity index (χ0n) is 17.2. The predicted octanol–water partition coefficient (Wildman–Crippen LogP) is 4.37. The molecule has 0 aliphatic carbocycles. The van der Waals surface area contributed by atoms with Crippen LogP contribution in [0.3, 0.4) is 0 Å². The summed E-state index contributed by atoms with van der Waals surface area (Å²) in [5.74, 6) is 0. The average molecular weight is 336 g/mol. The summed E-state index contributed by atoms with van der Waals surface area (Å²) in [6.45, 7) is 21.0. The summed E-state index contributed by atoms with van der Waals surface area (Å²) in [5, 5.41) is 0. The molecule has 2 aliphatic rings. The van der Waals surface area contributed by atoms with E-state index < -0.39 is 0 Å².